The summed E-state index contributed by atoms with van der Waals surface area (Å²) < 4.78 is 7.44. The highest BCUT2D eigenvalue weighted by molar-refractivity contribution is 6.30. The zero-order valence-corrected chi connectivity index (χ0v) is 18.7. The molecule has 0 aliphatic heterocycles. The minimum Gasteiger partial charge on any atom is -0.383 e. The first-order valence-corrected chi connectivity index (χ1v) is 10.5. The second-order valence-electron chi connectivity index (χ2n) is 8.14. The van der Waals surface area contributed by atoms with Gasteiger partial charge in [-0.25, -0.2) is 0 Å². The van der Waals surface area contributed by atoms with Gasteiger partial charge in [0.05, 0.1) is 12.6 Å². The number of methoxy groups -OCH3 is 1. The van der Waals surface area contributed by atoms with Gasteiger partial charge in [-0.3, -0.25) is 4.79 Å². The van der Waals surface area contributed by atoms with Crippen LogP contribution < -0.4 is 5.32 Å². The van der Waals surface area contributed by atoms with Crippen molar-refractivity contribution in [3.8, 4) is 6.07 Å². The van der Waals surface area contributed by atoms with E-state index in [1.54, 1.807) is 13.2 Å². The number of nitrogens with one attached hydrogen (secondary N) is 1. The Kier molecular flexibility index (Phi) is 6.70. The fourth-order valence-electron chi connectivity index (χ4n) is 4.11. The highest BCUT2D eigenvalue weighted by atomic mass is 35.5. The normalized spacial score (nSPS) is 16.1. The molecule has 1 saturated carbocycles. The van der Waals surface area contributed by atoms with Crippen LogP contribution in [0.4, 0.5) is 0 Å². The third-order valence-electron chi connectivity index (χ3n) is 5.93. The molecule has 158 valence electrons. The first-order valence-electron chi connectivity index (χ1n) is 10.1. The van der Waals surface area contributed by atoms with Gasteiger partial charge >= 0.3 is 0 Å². The third kappa shape index (κ3) is 4.61. The van der Waals surface area contributed by atoms with Gasteiger partial charge in [0.1, 0.15) is 11.6 Å². The first kappa shape index (κ1) is 22.1. The third-order valence-corrected chi connectivity index (χ3v) is 6.19. The Balaban J connectivity index is 1.74. The molecule has 0 radical (unpaired) electrons. The minimum absolute atomic E-state index is 0.0494. The van der Waals surface area contributed by atoms with Crippen LogP contribution in [0.1, 0.15) is 48.3 Å². The van der Waals surface area contributed by atoms with Crippen LogP contribution >= 0.6 is 11.6 Å². The molecule has 1 aliphatic rings. The molecule has 0 bridgehead atoms. The number of carbonyl (C=O) groups is 1. The fourth-order valence-corrected chi connectivity index (χ4v) is 4.24. The number of ether oxygens (including phenoxy) is 1. The van der Waals surface area contributed by atoms with Crippen molar-refractivity contribution >= 4 is 23.6 Å². The van der Waals surface area contributed by atoms with Crippen molar-refractivity contribution in [1.29, 1.82) is 5.26 Å². The van der Waals surface area contributed by atoms with Crippen molar-refractivity contribution in [1.82, 2.24) is 9.88 Å². The van der Waals surface area contributed by atoms with Gasteiger partial charge < -0.3 is 14.6 Å². The van der Waals surface area contributed by atoms with Gasteiger partial charge in [0.2, 0.25) is 0 Å². The zero-order chi connectivity index (χ0) is 21.9. The van der Waals surface area contributed by atoms with Gasteiger partial charge in [0.25, 0.3) is 5.91 Å². The largest absolute Gasteiger partial charge is 0.383 e. The molecule has 2 aromatic rings. The van der Waals surface area contributed by atoms with Crippen molar-refractivity contribution in [2.75, 3.05) is 20.3 Å². The van der Waals surface area contributed by atoms with Crippen molar-refractivity contribution in [2.24, 2.45) is 0 Å². The Morgan fingerprint density at radius 1 is 1.37 bits per heavy atom. The van der Waals surface area contributed by atoms with E-state index < -0.39 is 0 Å². The first-order chi connectivity index (χ1) is 14.3. The van der Waals surface area contributed by atoms with Crippen LogP contribution in [0.25, 0.3) is 6.08 Å². The molecule has 1 aliphatic carbocycles. The average Bonchev–Trinajstić information content (AvgIpc) is 3.45. The number of hydrogen-bond acceptors (Lipinski definition) is 3. The molecule has 0 saturated heterocycles. The molecule has 30 heavy (non-hydrogen) atoms. The summed E-state index contributed by atoms with van der Waals surface area (Å²) in [5.41, 5.74) is 4.19. The van der Waals surface area contributed by atoms with E-state index in [2.05, 4.69) is 22.9 Å². The van der Waals surface area contributed by atoms with Crippen LogP contribution in [0.5, 0.6) is 0 Å². The summed E-state index contributed by atoms with van der Waals surface area (Å²) in [4.78, 5) is 12.7. The number of aryl methyl sites for hydroxylation is 1. The maximum atomic E-state index is 12.7. The lowest BCUT2D eigenvalue weighted by atomic mass is 9.96. The zero-order valence-electron chi connectivity index (χ0n) is 18.0. The Bertz CT molecular complexity index is 995. The summed E-state index contributed by atoms with van der Waals surface area (Å²) in [5.74, 6) is -0.340. The van der Waals surface area contributed by atoms with Gasteiger partial charge in [0.15, 0.2) is 0 Å². The lowest BCUT2D eigenvalue weighted by molar-refractivity contribution is -0.117. The van der Waals surface area contributed by atoms with Crippen molar-refractivity contribution in [3.63, 3.8) is 0 Å². The number of benzene rings is 1. The van der Waals surface area contributed by atoms with Crippen LogP contribution in [0.3, 0.4) is 0 Å². The van der Waals surface area contributed by atoms with E-state index in [-0.39, 0.29) is 22.9 Å². The maximum absolute atomic E-state index is 12.7. The van der Waals surface area contributed by atoms with Crippen molar-refractivity contribution in [2.45, 2.75) is 45.1 Å². The van der Waals surface area contributed by atoms with Crippen LogP contribution in [0.2, 0.25) is 5.02 Å². The number of amides is 1. The number of hydrogen-bond donors (Lipinski definition) is 1. The van der Waals surface area contributed by atoms with E-state index in [4.69, 9.17) is 16.3 Å². The summed E-state index contributed by atoms with van der Waals surface area (Å²) in [6.45, 7) is 7.21. The lowest BCUT2D eigenvalue weighted by Crippen LogP contribution is -2.32. The molecule has 0 spiro atoms. The SMILES string of the molecule is COCC(C)n1c(C)cc(/C=C(/C#N)C(=O)NCC2(c3ccc(Cl)cc3)CC2)c1C. The second-order valence-corrected chi connectivity index (χ2v) is 8.58. The standard InChI is InChI=1S/C24H28ClN3O2/c1-16-11-19(18(3)28(16)17(2)14-30-4)12-20(13-26)23(29)27-15-24(9-10-24)21-5-7-22(25)8-6-21/h5-8,11-12,17H,9-10,14-15H2,1-4H3,(H,27,29)/b20-12-. The highest BCUT2D eigenvalue weighted by Gasteiger charge is 2.44. The number of aromatic nitrogens is 1. The van der Waals surface area contributed by atoms with E-state index in [0.29, 0.717) is 18.2 Å². The molecule has 1 N–H and O–H groups in total. The summed E-state index contributed by atoms with van der Waals surface area (Å²) in [6.07, 6.45) is 3.70. The molecule has 1 aromatic carbocycles. The van der Waals surface area contributed by atoms with Crippen LogP contribution in [0, 0.1) is 25.2 Å². The number of nitrogens with zero attached hydrogens (tertiary/aromatic N) is 2. The quantitative estimate of drug-likeness (QED) is 0.491. The van der Waals surface area contributed by atoms with Gasteiger partial charge in [-0.15, -0.1) is 0 Å². The average molecular weight is 426 g/mol. The number of nitriles is 1. The van der Waals surface area contributed by atoms with Crippen LogP contribution in [-0.4, -0.2) is 30.7 Å². The van der Waals surface area contributed by atoms with E-state index in [1.165, 1.54) is 5.56 Å². The molecule has 1 amide bonds. The van der Waals surface area contributed by atoms with E-state index in [1.807, 2.05) is 44.2 Å². The van der Waals surface area contributed by atoms with Gasteiger partial charge in [-0.1, -0.05) is 23.7 Å². The molecule has 1 atom stereocenters. The monoisotopic (exact) mass is 425 g/mol. The van der Waals surface area contributed by atoms with Gasteiger partial charge in [-0.2, -0.15) is 5.26 Å². The predicted molar refractivity (Wildman–Crippen MR) is 119 cm³/mol. The Labute approximate surface area is 183 Å². The highest BCUT2D eigenvalue weighted by Crippen LogP contribution is 2.47. The van der Waals surface area contributed by atoms with E-state index >= 15 is 0 Å². The summed E-state index contributed by atoms with van der Waals surface area (Å²) in [7, 11) is 1.68. The van der Waals surface area contributed by atoms with E-state index in [9.17, 15) is 10.1 Å². The maximum Gasteiger partial charge on any atom is 0.261 e. The summed E-state index contributed by atoms with van der Waals surface area (Å²) in [6, 6.07) is 12.0. The Morgan fingerprint density at radius 3 is 2.60 bits per heavy atom. The van der Waals surface area contributed by atoms with Gasteiger partial charge in [0, 0.05) is 35.5 Å². The van der Waals surface area contributed by atoms with Crippen molar-refractivity contribution in [3.05, 3.63) is 63.4 Å². The number of halogens is 1. The Hall–Kier alpha value is -2.55. The molecule has 1 fully saturated rings. The minimum atomic E-state index is -0.340. The molecular formula is C24H28ClN3O2. The molecule has 3 rings (SSSR count). The second kappa shape index (κ2) is 9.07. The molecule has 6 heteroatoms. The molecule has 5 nitrogen and oxygen atoms in total. The van der Waals surface area contributed by atoms with Gasteiger partial charge in [-0.05, 0) is 69.0 Å². The van der Waals surface area contributed by atoms with E-state index in [0.717, 1.165) is 29.8 Å². The number of carbonyl (C=O) groups excluding carboxylic acids is 1. The molecule has 1 aromatic heterocycles. The smallest absolute Gasteiger partial charge is 0.261 e. The predicted octanol–water partition coefficient (Wildman–Crippen LogP) is 4.72. The number of rotatable bonds is 8. The lowest BCUT2D eigenvalue weighted by Gasteiger charge is -2.17. The van der Waals surface area contributed by atoms with Crippen molar-refractivity contribution < 1.29 is 9.53 Å². The molecular weight excluding hydrogens is 398 g/mol. The summed E-state index contributed by atoms with van der Waals surface area (Å²) in [5, 5.41) is 13.3. The molecule has 1 heterocycles. The fraction of sp³-hybridized carbons (Fsp3) is 0.417. The van der Waals surface area contributed by atoms with Crippen LogP contribution in [0.15, 0.2) is 35.9 Å². The summed E-state index contributed by atoms with van der Waals surface area (Å²) >= 11 is 5.99. The Morgan fingerprint density at radius 2 is 2.03 bits per heavy atom. The van der Waals surface area contributed by atoms with Crippen LogP contribution in [-0.2, 0) is 14.9 Å². The topological polar surface area (TPSA) is 67.0 Å². The molecule has 1 unspecified atom stereocenters.